The Labute approximate surface area is 176 Å². The smallest absolute Gasteiger partial charge is 0.409 e. The van der Waals surface area contributed by atoms with Crippen LogP contribution in [0.5, 0.6) is 11.5 Å². The SMILES string of the molecule is Cc1c(NC(=O)O)cn2ncc(C#N)c(Nc3ccc(Oc4cccc(F)c4)cc3)c12. The summed E-state index contributed by atoms with van der Waals surface area (Å²) in [5, 5.41) is 28.3. The summed E-state index contributed by atoms with van der Waals surface area (Å²) in [6.45, 7) is 1.74. The first-order chi connectivity index (χ1) is 14.9. The molecule has 0 fully saturated rings. The van der Waals surface area contributed by atoms with Crippen LogP contribution in [0.1, 0.15) is 11.1 Å². The second-order valence-electron chi connectivity index (χ2n) is 6.64. The van der Waals surface area contributed by atoms with Crippen molar-refractivity contribution in [1.82, 2.24) is 9.61 Å². The van der Waals surface area contributed by atoms with Crippen molar-refractivity contribution < 1.29 is 19.0 Å². The summed E-state index contributed by atoms with van der Waals surface area (Å²) in [6, 6.07) is 14.9. The summed E-state index contributed by atoms with van der Waals surface area (Å²) in [5.41, 5.74) is 3.04. The van der Waals surface area contributed by atoms with E-state index >= 15 is 0 Å². The van der Waals surface area contributed by atoms with Gasteiger partial charge in [-0.2, -0.15) is 10.4 Å². The molecule has 2 heterocycles. The molecular formula is C22H16FN5O3. The number of halogens is 1. The van der Waals surface area contributed by atoms with Crippen molar-refractivity contribution in [1.29, 1.82) is 5.26 Å². The molecule has 0 radical (unpaired) electrons. The molecule has 2 aromatic carbocycles. The number of aryl methyl sites for hydroxylation is 1. The number of nitriles is 1. The summed E-state index contributed by atoms with van der Waals surface area (Å²) in [7, 11) is 0. The predicted octanol–water partition coefficient (Wildman–Crippen LogP) is 5.28. The topological polar surface area (TPSA) is 112 Å². The lowest BCUT2D eigenvalue weighted by Gasteiger charge is -2.12. The van der Waals surface area contributed by atoms with Crippen molar-refractivity contribution >= 4 is 28.7 Å². The molecule has 9 heteroatoms. The molecule has 0 aliphatic carbocycles. The van der Waals surface area contributed by atoms with E-state index in [2.05, 4.69) is 21.8 Å². The lowest BCUT2D eigenvalue weighted by molar-refractivity contribution is 0.209. The monoisotopic (exact) mass is 417 g/mol. The van der Waals surface area contributed by atoms with Gasteiger partial charge in [0.15, 0.2) is 0 Å². The molecule has 4 rings (SSSR count). The van der Waals surface area contributed by atoms with Gasteiger partial charge in [-0.25, -0.2) is 13.7 Å². The minimum Gasteiger partial charge on any atom is -0.465 e. The van der Waals surface area contributed by atoms with Crippen LogP contribution in [0.15, 0.2) is 60.9 Å². The third-order valence-corrected chi connectivity index (χ3v) is 4.57. The maximum Gasteiger partial charge on any atom is 0.409 e. The second kappa shape index (κ2) is 8.04. The van der Waals surface area contributed by atoms with Crippen molar-refractivity contribution in [3.05, 3.63) is 77.9 Å². The van der Waals surface area contributed by atoms with Crippen LogP contribution in [-0.4, -0.2) is 20.8 Å². The predicted molar refractivity (Wildman–Crippen MR) is 112 cm³/mol. The van der Waals surface area contributed by atoms with Gasteiger partial charge in [0.25, 0.3) is 0 Å². The third kappa shape index (κ3) is 4.09. The van der Waals surface area contributed by atoms with Crippen molar-refractivity contribution in [3.63, 3.8) is 0 Å². The number of hydrogen-bond donors (Lipinski definition) is 3. The number of fused-ring (bicyclic) bond motifs is 1. The maximum atomic E-state index is 13.3. The van der Waals surface area contributed by atoms with Crippen LogP contribution in [0.4, 0.5) is 26.2 Å². The molecule has 2 aromatic heterocycles. The van der Waals surface area contributed by atoms with Crippen molar-refractivity contribution in [3.8, 4) is 17.6 Å². The molecule has 0 spiro atoms. The Morgan fingerprint density at radius 1 is 1.23 bits per heavy atom. The van der Waals surface area contributed by atoms with Gasteiger partial charge in [-0.3, -0.25) is 5.32 Å². The minimum atomic E-state index is -1.19. The van der Waals surface area contributed by atoms with Crippen molar-refractivity contribution in [2.45, 2.75) is 6.92 Å². The number of anilines is 3. The average Bonchev–Trinajstić information content (AvgIpc) is 3.05. The van der Waals surface area contributed by atoms with Gasteiger partial charge in [-0.1, -0.05) is 6.07 Å². The van der Waals surface area contributed by atoms with E-state index in [1.807, 2.05) is 0 Å². The number of benzene rings is 2. The van der Waals surface area contributed by atoms with Crippen molar-refractivity contribution in [2.24, 2.45) is 0 Å². The number of carbonyl (C=O) groups is 1. The largest absolute Gasteiger partial charge is 0.465 e. The minimum absolute atomic E-state index is 0.302. The van der Waals surface area contributed by atoms with Crippen LogP contribution < -0.4 is 15.4 Å². The molecule has 4 aromatic rings. The van der Waals surface area contributed by atoms with E-state index in [0.29, 0.717) is 45.2 Å². The standard InChI is InChI=1S/C22H16FN5O3/c1-13-19(27-22(29)30)12-28-21(13)20(14(10-24)11-25-28)26-16-5-7-17(8-6-16)31-18-4-2-3-15(23)9-18/h2-9,11-12,26-27H,1H3,(H,29,30). The van der Waals surface area contributed by atoms with Gasteiger partial charge >= 0.3 is 6.09 Å². The Balaban J connectivity index is 1.65. The molecule has 3 N–H and O–H groups in total. The normalized spacial score (nSPS) is 10.5. The fourth-order valence-electron chi connectivity index (χ4n) is 3.16. The number of amides is 1. The zero-order valence-corrected chi connectivity index (χ0v) is 16.3. The Hall–Kier alpha value is -4.58. The number of carboxylic acid groups (broad SMARTS) is 1. The molecule has 8 nitrogen and oxygen atoms in total. The van der Waals surface area contributed by atoms with Crippen LogP contribution in [-0.2, 0) is 0 Å². The van der Waals surface area contributed by atoms with E-state index in [-0.39, 0.29) is 5.82 Å². The number of hydrogen-bond acceptors (Lipinski definition) is 5. The lowest BCUT2D eigenvalue weighted by atomic mass is 10.1. The molecule has 0 saturated heterocycles. The fraction of sp³-hybridized carbons (Fsp3) is 0.0455. The molecule has 0 bridgehead atoms. The van der Waals surface area contributed by atoms with Crippen LogP contribution in [0.2, 0.25) is 0 Å². The molecule has 31 heavy (non-hydrogen) atoms. The Morgan fingerprint density at radius 2 is 2.00 bits per heavy atom. The highest BCUT2D eigenvalue weighted by Crippen LogP contribution is 2.33. The zero-order chi connectivity index (χ0) is 22.0. The van der Waals surface area contributed by atoms with Gasteiger partial charge in [0.05, 0.1) is 34.8 Å². The molecule has 0 atom stereocenters. The second-order valence-corrected chi connectivity index (χ2v) is 6.64. The van der Waals surface area contributed by atoms with Gasteiger partial charge in [0.2, 0.25) is 0 Å². The van der Waals surface area contributed by atoms with Crippen LogP contribution in [0, 0.1) is 24.1 Å². The molecule has 0 aliphatic heterocycles. The molecule has 154 valence electrons. The molecule has 0 aliphatic rings. The molecular weight excluding hydrogens is 401 g/mol. The van der Waals surface area contributed by atoms with E-state index in [1.54, 1.807) is 49.5 Å². The number of ether oxygens (including phenoxy) is 1. The highest BCUT2D eigenvalue weighted by Gasteiger charge is 2.17. The van der Waals surface area contributed by atoms with Gasteiger partial charge in [-0.05, 0) is 43.3 Å². The highest BCUT2D eigenvalue weighted by atomic mass is 19.1. The first-order valence-electron chi connectivity index (χ1n) is 9.16. The maximum absolute atomic E-state index is 13.3. The van der Waals surface area contributed by atoms with E-state index in [4.69, 9.17) is 9.84 Å². The first-order valence-corrected chi connectivity index (χ1v) is 9.16. The van der Waals surface area contributed by atoms with Crippen molar-refractivity contribution in [2.75, 3.05) is 10.6 Å². The Kier molecular flexibility index (Phi) is 5.12. The van der Waals surface area contributed by atoms with Gasteiger partial charge in [-0.15, -0.1) is 0 Å². The van der Waals surface area contributed by atoms with E-state index in [1.165, 1.54) is 22.8 Å². The number of nitrogens with one attached hydrogen (secondary N) is 2. The Bertz CT molecular complexity index is 1330. The van der Waals surface area contributed by atoms with Gasteiger partial charge < -0.3 is 15.2 Å². The summed E-state index contributed by atoms with van der Waals surface area (Å²) in [4.78, 5) is 11.0. The quantitative estimate of drug-likeness (QED) is 0.407. The summed E-state index contributed by atoms with van der Waals surface area (Å²) in [6.07, 6.45) is 1.75. The third-order valence-electron chi connectivity index (χ3n) is 4.57. The van der Waals surface area contributed by atoms with Crippen LogP contribution in [0.3, 0.4) is 0 Å². The van der Waals surface area contributed by atoms with E-state index in [0.717, 1.165) is 0 Å². The molecule has 0 unspecified atom stereocenters. The van der Waals surface area contributed by atoms with Gasteiger partial charge in [0.1, 0.15) is 23.4 Å². The molecule has 1 amide bonds. The molecule has 0 saturated carbocycles. The first kappa shape index (κ1) is 19.7. The summed E-state index contributed by atoms with van der Waals surface area (Å²) in [5.74, 6) is 0.509. The number of rotatable bonds is 5. The van der Waals surface area contributed by atoms with Crippen LogP contribution in [0.25, 0.3) is 5.52 Å². The van der Waals surface area contributed by atoms with Gasteiger partial charge in [0, 0.05) is 17.3 Å². The number of aromatic nitrogens is 2. The Morgan fingerprint density at radius 3 is 2.68 bits per heavy atom. The lowest BCUT2D eigenvalue weighted by Crippen LogP contribution is -2.07. The summed E-state index contributed by atoms with van der Waals surface area (Å²) < 4.78 is 20.5. The van der Waals surface area contributed by atoms with Crippen LogP contribution >= 0.6 is 0 Å². The van der Waals surface area contributed by atoms with E-state index < -0.39 is 6.09 Å². The van der Waals surface area contributed by atoms with E-state index in [9.17, 15) is 14.4 Å². The average molecular weight is 417 g/mol. The zero-order valence-electron chi connectivity index (χ0n) is 16.3. The summed E-state index contributed by atoms with van der Waals surface area (Å²) >= 11 is 0. The highest BCUT2D eigenvalue weighted by molar-refractivity contribution is 5.92. The number of nitrogens with zero attached hydrogens (tertiary/aromatic N) is 3. The fourth-order valence-corrected chi connectivity index (χ4v) is 3.16.